The van der Waals surface area contributed by atoms with Gasteiger partial charge in [0.2, 0.25) is 5.91 Å². The number of likely N-dealkylation sites (tertiary alicyclic amines) is 1. The van der Waals surface area contributed by atoms with Crippen LogP contribution >= 0.6 is 0 Å². The minimum Gasteiger partial charge on any atom is -0.291 e. The topological polar surface area (TPSA) is 43.9 Å². The van der Waals surface area contributed by atoms with Crippen molar-refractivity contribution in [3.63, 3.8) is 0 Å². The van der Waals surface area contributed by atoms with E-state index in [2.05, 4.69) is 4.90 Å². The smallest absolute Gasteiger partial charge is 0.261 e. The molecule has 0 aromatic rings. The van der Waals surface area contributed by atoms with Crippen molar-refractivity contribution < 1.29 is 9.59 Å². The minimum atomic E-state index is -0.219. The van der Waals surface area contributed by atoms with E-state index in [0.717, 1.165) is 25.9 Å². The van der Waals surface area contributed by atoms with Gasteiger partial charge in [0.05, 0.1) is 6.42 Å². The van der Waals surface area contributed by atoms with E-state index in [1.54, 1.807) is 19.1 Å². The molecule has 0 aromatic carbocycles. The lowest BCUT2D eigenvalue weighted by Crippen LogP contribution is -2.46. The molecule has 2 heterocycles. The summed E-state index contributed by atoms with van der Waals surface area (Å²) < 4.78 is 0. The lowest BCUT2D eigenvalue weighted by atomic mass is 10.2. The van der Waals surface area contributed by atoms with Crippen LogP contribution in [0.3, 0.4) is 0 Å². The van der Waals surface area contributed by atoms with Gasteiger partial charge in [0.25, 0.3) is 5.91 Å². The fourth-order valence-electron chi connectivity index (χ4n) is 2.72. The van der Waals surface area contributed by atoms with Gasteiger partial charge >= 0.3 is 0 Å². The van der Waals surface area contributed by atoms with Crippen LogP contribution in [0.2, 0.25) is 0 Å². The summed E-state index contributed by atoms with van der Waals surface area (Å²) in [6.45, 7) is 1.90. The maximum absolute atomic E-state index is 12.2. The largest absolute Gasteiger partial charge is 0.291 e. The Kier molecular flexibility index (Phi) is 3.79. The molecule has 5 heteroatoms. The molecule has 0 N–H and O–H groups in total. The van der Waals surface area contributed by atoms with Gasteiger partial charge in [0, 0.05) is 14.1 Å². The van der Waals surface area contributed by atoms with Crippen molar-refractivity contribution in [1.29, 1.82) is 0 Å². The van der Waals surface area contributed by atoms with Gasteiger partial charge < -0.3 is 0 Å². The molecule has 0 spiro atoms. The first-order valence-corrected chi connectivity index (χ1v) is 6.39. The minimum absolute atomic E-state index is 0.0538. The molecule has 17 heavy (non-hydrogen) atoms. The second-order valence-electron chi connectivity index (χ2n) is 5.06. The molecule has 2 rings (SSSR count). The Hall–Kier alpha value is -0.940. The van der Waals surface area contributed by atoms with Crippen LogP contribution in [0.1, 0.15) is 32.1 Å². The second-order valence-corrected chi connectivity index (χ2v) is 5.06. The van der Waals surface area contributed by atoms with E-state index < -0.39 is 0 Å². The fraction of sp³-hybridized carbons (Fsp3) is 0.833. The Morgan fingerprint density at radius 1 is 1.06 bits per heavy atom. The molecule has 0 saturated carbocycles. The number of hydrogen-bond donors (Lipinski definition) is 0. The number of hydrogen-bond acceptors (Lipinski definition) is 4. The third-order valence-electron chi connectivity index (χ3n) is 3.58. The van der Waals surface area contributed by atoms with Crippen LogP contribution in [0.25, 0.3) is 0 Å². The zero-order chi connectivity index (χ0) is 12.4. The lowest BCUT2D eigenvalue weighted by Gasteiger charge is -2.27. The maximum Gasteiger partial charge on any atom is 0.261 e. The average molecular weight is 239 g/mol. The molecule has 0 aromatic heterocycles. The summed E-state index contributed by atoms with van der Waals surface area (Å²) in [5.41, 5.74) is 0. The molecule has 0 radical (unpaired) electrons. The van der Waals surface area contributed by atoms with Crippen LogP contribution in [-0.4, -0.2) is 60.0 Å². The van der Waals surface area contributed by atoms with Crippen molar-refractivity contribution in [2.45, 2.75) is 38.1 Å². The summed E-state index contributed by atoms with van der Waals surface area (Å²) >= 11 is 0. The molecule has 0 bridgehead atoms. The highest BCUT2D eigenvalue weighted by Crippen LogP contribution is 2.22. The van der Waals surface area contributed by atoms with Gasteiger partial charge in [-0.15, -0.1) is 0 Å². The van der Waals surface area contributed by atoms with Gasteiger partial charge in [-0.3, -0.25) is 14.5 Å². The number of carbonyl (C=O) groups is 2. The van der Waals surface area contributed by atoms with E-state index in [0.29, 0.717) is 6.42 Å². The zero-order valence-electron chi connectivity index (χ0n) is 10.7. The van der Waals surface area contributed by atoms with Crippen LogP contribution in [0.5, 0.6) is 0 Å². The standard InChI is InChI=1S/C12H21N3O2/c1-13(2)15-11(16)9-10(12(15)17)14-7-5-3-4-6-8-14/h10H,3-9H2,1-2H3/t10-/m1/s1. The summed E-state index contributed by atoms with van der Waals surface area (Å²) in [4.78, 5) is 26.2. The molecule has 2 fully saturated rings. The molecular weight excluding hydrogens is 218 g/mol. The van der Waals surface area contributed by atoms with Gasteiger partial charge in [-0.1, -0.05) is 12.8 Å². The monoisotopic (exact) mass is 239 g/mol. The van der Waals surface area contributed by atoms with Gasteiger partial charge in [0.1, 0.15) is 6.04 Å². The Labute approximate surface area is 102 Å². The number of hydrazine groups is 1. The quantitative estimate of drug-likeness (QED) is 0.657. The van der Waals surface area contributed by atoms with Crippen molar-refractivity contribution in [3.8, 4) is 0 Å². The van der Waals surface area contributed by atoms with Crippen LogP contribution in [0.4, 0.5) is 0 Å². The van der Waals surface area contributed by atoms with Crippen LogP contribution in [0, 0.1) is 0 Å². The van der Waals surface area contributed by atoms with Gasteiger partial charge in [0.15, 0.2) is 0 Å². The molecule has 0 unspecified atom stereocenters. The number of imide groups is 1. The molecule has 2 amide bonds. The van der Waals surface area contributed by atoms with Crippen molar-refractivity contribution in [3.05, 3.63) is 0 Å². The number of carbonyl (C=O) groups excluding carboxylic acids is 2. The van der Waals surface area contributed by atoms with Crippen molar-refractivity contribution in [1.82, 2.24) is 14.9 Å². The first kappa shape index (κ1) is 12.5. The van der Waals surface area contributed by atoms with Crippen molar-refractivity contribution in [2.75, 3.05) is 27.2 Å². The first-order chi connectivity index (χ1) is 8.11. The van der Waals surface area contributed by atoms with Gasteiger partial charge in [-0.25, -0.2) is 10.0 Å². The Morgan fingerprint density at radius 3 is 2.12 bits per heavy atom. The van der Waals surface area contributed by atoms with E-state index >= 15 is 0 Å². The highest BCUT2D eigenvalue weighted by atomic mass is 16.2. The molecule has 5 nitrogen and oxygen atoms in total. The summed E-state index contributed by atoms with van der Waals surface area (Å²) in [5.74, 6) is -0.129. The maximum atomic E-state index is 12.2. The Morgan fingerprint density at radius 2 is 1.65 bits per heavy atom. The number of rotatable bonds is 2. The van der Waals surface area contributed by atoms with Crippen LogP contribution in [0.15, 0.2) is 0 Å². The van der Waals surface area contributed by atoms with Gasteiger partial charge in [-0.05, 0) is 25.9 Å². The molecule has 2 aliphatic heterocycles. The summed E-state index contributed by atoms with van der Waals surface area (Å²) in [6.07, 6.45) is 5.10. The normalized spacial score (nSPS) is 27.9. The first-order valence-electron chi connectivity index (χ1n) is 6.39. The second kappa shape index (κ2) is 5.14. The third-order valence-corrected chi connectivity index (χ3v) is 3.58. The molecule has 0 aliphatic carbocycles. The third kappa shape index (κ3) is 2.50. The fourth-order valence-corrected chi connectivity index (χ4v) is 2.72. The molecule has 2 aliphatic rings. The zero-order valence-corrected chi connectivity index (χ0v) is 10.7. The summed E-state index contributed by atoms with van der Waals surface area (Å²) in [5, 5.41) is 2.86. The van der Waals surface area contributed by atoms with Crippen LogP contribution < -0.4 is 0 Å². The number of amides is 2. The summed E-state index contributed by atoms with van der Waals surface area (Å²) in [6, 6.07) is -0.219. The van der Waals surface area contributed by atoms with Crippen molar-refractivity contribution in [2.24, 2.45) is 0 Å². The molecular formula is C12H21N3O2. The molecule has 96 valence electrons. The average Bonchev–Trinajstić information content (AvgIpc) is 2.48. The van der Waals surface area contributed by atoms with Gasteiger partial charge in [-0.2, -0.15) is 0 Å². The highest BCUT2D eigenvalue weighted by Gasteiger charge is 2.42. The predicted molar refractivity (Wildman–Crippen MR) is 64.0 cm³/mol. The lowest BCUT2D eigenvalue weighted by molar-refractivity contribution is -0.154. The SMILES string of the molecule is CN(C)N1C(=O)C[C@@H](N2CCCCCC2)C1=O. The van der Waals surface area contributed by atoms with E-state index in [-0.39, 0.29) is 17.9 Å². The van der Waals surface area contributed by atoms with Crippen molar-refractivity contribution >= 4 is 11.8 Å². The number of nitrogens with zero attached hydrogens (tertiary/aromatic N) is 3. The van der Waals surface area contributed by atoms with E-state index in [9.17, 15) is 9.59 Å². The Bertz CT molecular complexity index is 309. The molecule has 2 saturated heterocycles. The molecule has 1 atom stereocenters. The Balaban J connectivity index is 2.07. The van der Waals surface area contributed by atoms with E-state index in [1.807, 2.05) is 0 Å². The van der Waals surface area contributed by atoms with Crippen LogP contribution in [-0.2, 0) is 9.59 Å². The highest BCUT2D eigenvalue weighted by molar-refractivity contribution is 6.04. The van der Waals surface area contributed by atoms with E-state index in [1.165, 1.54) is 17.9 Å². The summed E-state index contributed by atoms with van der Waals surface area (Å²) in [7, 11) is 3.47. The van der Waals surface area contributed by atoms with E-state index in [4.69, 9.17) is 0 Å². The predicted octanol–water partition coefficient (Wildman–Crippen LogP) is 0.466.